The summed E-state index contributed by atoms with van der Waals surface area (Å²) < 4.78 is 27.1. The molecule has 2 rings (SSSR count). The van der Waals surface area contributed by atoms with Gasteiger partial charge in [0, 0.05) is 31.7 Å². The highest BCUT2D eigenvalue weighted by atomic mass is 35.5. The monoisotopic (exact) mass is 417 g/mol. The highest BCUT2D eigenvalue weighted by molar-refractivity contribution is 7.89. The summed E-state index contributed by atoms with van der Waals surface area (Å²) in [6, 6.07) is 6.31. The lowest BCUT2D eigenvalue weighted by Gasteiger charge is -2.23. The largest absolute Gasteiger partial charge is 0.338 e. The van der Waals surface area contributed by atoms with Gasteiger partial charge < -0.3 is 10.6 Å². The molecule has 0 aromatic heterocycles. The number of likely N-dealkylation sites (tertiary alicyclic amines) is 1. The van der Waals surface area contributed by atoms with Gasteiger partial charge in [0.25, 0.3) is 5.91 Å². The van der Waals surface area contributed by atoms with Crippen LogP contribution in [0.5, 0.6) is 0 Å². The van der Waals surface area contributed by atoms with Crippen molar-refractivity contribution < 1.29 is 13.2 Å². The number of hydrogen-bond acceptors (Lipinski definition) is 4. The predicted octanol–water partition coefficient (Wildman–Crippen LogP) is 2.73. The minimum atomic E-state index is -3.52. The maximum absolute atomic E-state index is 12.8. The molecule has 1 aliphatic heterocycles. The topological polar surface area (TPSA) is 83.7 Å². The first-order chi connectivity index (χ1) is 12.3. The van der Waals surface area contributed by atoms with Gasteiger partial charge in [0.2, 0.25) is 10.0 Å². The molecule has 1 aliphatic rings. The Morgan fingerprint density at radius 1 is 1.19 bits per heavy atom. The van der Waals surface area contributed by atoms with Crippen LogP contribution in [0.15, 0.2) is 29.2 Å². The number of amides is 1. The van der Waals surface area contributed by atoms with E-state index in [9.17, 15) is 13.2 Å². The van der Waals surface area contributed by atoms with Gasteiger partial charge in [0.05, 0.1) is 4.90 Å². The van der Waals surface area contributed by atoms with Crippen molar-refractivity contribution >= 4 is 28.3 Å². The van der Waals surface area contributed by atoms with Crippen molar-refractivity contribution in [3.63, 3.8) is 0 Å². The summed E-state index contributed by atoms with van der Waals surface area (Å²) >= 11 is 0. The number of carbonyl (C=O) groups excluding carboxylic acids is 1. The third-order valence-corrected chi connectivity index (χ3v) is 6.94. The molecule has 0 bridgehead atoms. The van der Waals surface area contributed by atoms with Crippen LogP contribution in [0.2, 0.25) is 0 Å². The summed E-state index contributed by atoms with van der Waals surface area (Å²) in [6.07, 6.45) is 2.43. The highest BCUT2D eigenvalue weighted by Gasteiger charge is 2.35. The summed E-state index contributed by atoms with van der Waals surface area (Å²) in [6.45, 7) is 8.90. The molecule has 154 valence electrons. The van der Waals surface area contributed by atoms with Gasteiger partial charge in [-0.05, 0) is 55.5 Å². The zero-order valence-electron chi connectivity index (χ0n) is 16.5. The molecule has 1 aromatic rings. The average Bonchev–Trinajstić information content (AvgIpc) is 3.04. The summed E-state index contributed by atoms with van der Waals surface area (Å²) in [4.78, 5) is 14.7. The summed E-state index contributed by atoms with van der Waals surface area (Å²) in [7, 11) is -3.52. The van der Waals surface area contributed by atoms with Crippen molar-refractivity contribution in [1.82, 2.24) is 9.21 Å². The molecule has 1 heterocycles. The van der Waals surface area contributed by atoms with Gasteiger partial charge in [-0.2, -0.15) is 4.31 Å². The molecule has 1 saturated heterocycles. The first-order valence-corrected chi connectivity index (χ1v) is 10.8. The lowest BCUT2D eigenvalue weighted by molar-refractivity contribution is 0.0777. The molecular formula is C19H32ClN3O3S. The fraction of sp³-hybridized carbons (Fsp3) is 0.632. The van der Waals surface area contributed by atoms with Gasteiger partial charge in [0.1, 0.15) is 0 Å². The Kier molecular flexibility index (Phi) is 8.73. The minimum absolute atomic E-state index is 0. The molecule has 1 unspecified atom stereocenters. The van der Waals surface area contributed by atoms with Crippen LogP contribution in [0.4, 0.5) is 0 Å². The van der Waals surface area contributed by atoms with Crippen LogP contribution in [-0.2, 0) is 10.0 Å². The summed E-state index contributed by atoms with van der Waals surface area (Å²) in [5.41, 5.74) is 6.29. The van der Waals surface area contributed by atoms with E-state index in [-0.39, 0.29) is 28.6 Å². The van der Waals surface area contributed by atoms with Gasteiger partial charge in [-0.25, -0.2) is 8.42 Å². The summed E-state index contributed by atoms with van der Waals surface area (Å²) in [5.74, 6) is -0.0647. The minimum Gasteiger partial charge on any atom is -0.338 e. The van der Waals surface area contributed by atoms with Crippen LogP contribution in [0.3, 0.4) is 0 Å². The Bertz CT molecular complexity index is 718. The maximum atomic E-state index is 12.8. The zero-order valence-corrected chi connectivity index (χ0v) is 18.1. The Balaban J connectivity index is 0.00000364. The van der Waals surface area contributed by atoms with E-state index < -0.39 is 10.0 Å². The number of rotatable bonds is 8. The van der Waals surface area contributed by atoms with E-state index in [4.69, 9.17) is 5.73 Å². The molecule has 27 heavy (non-hydrogen) atoms. The smallest absolute Gasteiger partial charge is 0.253 e. The Hall–Kier alpha value is -1.15. The van der Waals surface area contributed by atoms with Crippen LogP contribution >= 0.6 is 12.4 Å². The fourth-order valence-corrected chi connectivity index (χ4v) is 4.94. The average molecular weight is 418 g/mol. The van der Waals surface area contributed by atoms with Gasteiger partial charge in [0.15, 0.2) is 0 Å². The molecule has 2 N–H and O–H groups in total. The predicted molar refractivity (Wildman–Crippen MR) is 111 cm³/mol. The molecule has 0 saturated carbocycles. The Morgan fingerprint density at radius 2 is 1.74 bits per heavy atom. The van der Waals surface area contributed by atoms with Gasteiger partial charge in [-0.1, -0.05) is 20.8 Å². The van der Waals surface area contributed by atoms with Crippen molar-refractivity contribution in [2.75, 3.05) is 32.7 Å². The molecule has 6 nitrogen and oxygen atoms in total. The second-order valence-corrected chi connectivity index (χ2v) is 9.36. The number of carbonyl (C=O) groups is 1. The molecule has 1 aromatic carbocycles. The van der Waals surface area contributed by atoms with E-state index in [0.717, 1.165) is 19.3 Å². The SMILES string of the molecule is CCCN(CCC)S(=O)(=O)c1ccc(C(=O)N2CCC(C)(CN)C2)cc1.Cl. The molecule has 0 aliphatic carbocycles. The molecule has 8 heteroatoms. The van der Waals surface area contributed by atoms with Gasteiger partial charge >= 0.3 is 0 Å². The molecule has 0 radical (unpaired) electrons. The Morgan fingerprint density at radius 3 is 2.19 bits per heavy atom. The van der Waals surface area contributed by atoms with E-state index in [2.05, 4.69) is 6.92 Å². The van der Waals surface area contributed by atoms with Crippen LogP contribution in [-0.4, -0.2) is 56.3 Å². The molecule has 1 amide bonds. The number of benzene rings is 1. The van der Waals surface area contributed by atoms with Crippen LogP contribution in [0.1, 0.15) is 50.4 Å². The van der Waals surface area contributed by atoms with Gasteiger partial charge in [-0.3, -0.25) is 4.79 Å². The van der Waals surface area contributed by atoms with Gasteiger partial charge in [-0.15, -0.1) is 12.4 Å². The van der Waals surface area contributed by atoms with E-state index in [1.165, 1.54) is 4.31 Å². The quantitative estimate of drug-likeness (QED) is 0.704. The third kappa shape index (κ3) is 5.44. The molecular weight excluding hydrogens is 386 g/mol. The van der Waals surface area contributed by atoms with E-state index in [0.29, 0.717) is 38.3 Å². The number of hydrogen-bond donors (Lipinski definition) is 1. The Labute approximate surface area is 169 Å². The van der Waals surface area contributed by atoms with Crippen molar-refractivity contribution in [2.45, 2.75) is 44.9 Å². The van der Waals surface area contributed by atoms with Crippen molar-refractivity contribution in [2.24, 2.45) is 11.1 Å². The normalized spacial score (nSPS) is 20.0. The molecule has 1 atom stereocenters. The highest BCUT2D eigenvalue weighted by Crippen LogP contribution is 2.29. The van der Waals surface area contributed by atoms with E-state index >= 15 is 0 Å². The first kappa shape index (κ1) is 23.9. The zero-order chi connectivity index (χ0) is 19.4. The van der Waals surface area contributed by atoms with Crippen molar-refractivity contribution in [1.29, 1.82) is 0 Å². The number of halogens is 1. The van der Waals surface area contributed by atoms with Crippen LogP contribution in [0, 0.1) is 5.41 Å². The lowest BCUT2D eigenvalue weighted by atomic mass is 9.90. The number of nitrogens with zero attached hydrogens (tertiary/aromatic N) is 2. The standard InChI is InChI=1S/C19H31N3O3S.ClH/c1-4-11-22(12-5-2)26(24,25)17-8-6-16(7-9-17)18(23)21-13-10-19(3,14-20)15-21;/h6-9H,4-5,10-15,20H2,1-3H3;1H. The second-order valence-electron chi connectivity index (χ2n) is 7.42. The third-order valence-electron chi connectivity index (χ3n) is 5.02. The van der Waals surface area contributed by atoms with Crippen LogP contribution < -0.4 is 5.73 Å². The fourth-order valence-electron chi connectivity index (χ4n) is 3.32. The second kappa shape index (κ2) is 9.87. The number of nitrogens with two attached hydrogens (primary N) is 1. The van der Waals surface area contributed by atoms with Crippen LogP contribution in [0.25, 0.3) is 0 Å². The number of sulfonamides is 1. The van der Waals surface area contributed by atoms with E-state index in [1.54, 1.807) is 29.2 Å². The maximum Gasteiger partial charge on any atom is 0.253 e. The lowest BCUT2D eigenvalue weighted by Crippen LogP contribution is -2.34. The van der Waals surface area contributed by atoms with Crippen molar-refractivity contribution in [3.05, 3.63) is 29.8 Å². The molecule has 1 fully saturated rings. The molecule has 0 spiro atoms. The van der Waals surface area contributed by atoms with Crippen molar-refractivity contribution in [3.8, 4) is 0 Å². The summed E-state index contributed by atoms with van der Waals surface area (Å²) in [5, 5.41) is 0. The van der Waals surface area contributed by atoms with E-state index in [1.807, 2.05) is 13.8 Å². The first-order valence-electron chi connectivity index (χ1n) is 9.37.